The molecule has 7 nitrogen and oxygen atoms in total. The van der Waals surface area contributed by atoms with Crippen LogP contribution in [0.2, 0.25) is 0 Å². The van der Waals surface area contributed by atoms with Gasteiger partial charge in [-0.3, -0.25) is 4.98 Å². The van der Waals surface area contributed by atoms with Gasteiger partial charge in [0.2, 0.25) is 6.79 Å². The molecule has 30 heavy (non-hydrogen) atoms. The van der Waals surface area contributed by atoms with Gasteiger partial charge in [-0.25, -0.2) is 0 Å². The van der Waals surface area contributed by atoms with Gasteiger partial charge in [-0.1, -0.05) is 0 Å². The van der Waals surface area contributed by atoms with E-state index in [1.165, 1.54) is 0 Å². The molecule has 1 aromatic heterocycles. The number of ether oxygens (including phenoxy) is 6. The van der Waals surface area contributed by atoms with E-state index in [2.05, 4.69) is 6.07 Å². The summed E-state index contributed by atoms with van der Waals surface area (Å²) in [5, 5.41) is 4.93. The molecule has 0 amide bonds. The molecule has 3 aromatic carbocycles. The summed E-state index contributed by atoms with van der Waals surface area (Å²) in [6.07, 6.45) is 1.19. The molecule has 0 unspecified atom stereocenters. The Bertz CT molecular complexity index is 1330. The van der Waals surface area contributed by atoms with Gasteiger partial charge in [-0.2, -0.15) is 0 Å². The zero-order valence-corrected chi connectivity index (χ0v) is 16.7. The molecule has 1 saturated heterocycles. The average molecular weight is 405 g/mol. The second-order valence-electron chi connectivity index (χ2n) is 7.34. The fraction of sp³-hybridized carbons (Fsp3) is 0.261. The van der Waals surface area contributed by atoms with Crippen LogP contribution >= 0.6 is 0 Å². The van der Waals surface area contributed by atoms with Crippen LogP contribution in [0.15, 0.2) is 36.5 Å². The van der Waals surface area contributed by atoms with Crippen molar-refractivity contribution in [3.8, 4) is 23.0 Å². The molecule has 2 aliphatic rings. The number of methoxy groups -OCH3 is 2. The second-order valence-corrected chi connectivity index (χ2v) is 7.34. The second kappa shape index (κ2) is 6.35. The Morgan fingerprint density at radius 1 is 0.867 bits per heavy atom. The summed E-state index contributed by atoms with van der Waals surface area (Å²) in [6, 6.07) is 9.91. The standard InChI is InChI=1S/C23H19NO6/c1-11-29-23(30-11)15-4-12-5-18(25-2)19(26-3)6-13(12)16-9-24-17-8-21-20(27-10-28-21)7-14(17)22(15)16/h4-9,11,23H,10H2,1-3H3. The summed E-state index contributed by atoms with van der Waals surface area (Å²) in [7, 11) is 3.26. The maximum Gasteiger partial charge on any atom is 0.231 e. The van der Waals surface area contributed by atoms with Crippen LogP contribution in [-0.4, -0.2) is 32.3 Å². The summed E-state index contributed by atoms with van der Waals surface area (Å²) < 4.78 is 33.9. The molecular formula is C23H19NO6. The molecule has 0 saturated carbocycles. The Hall–Kier alpha value is -3.29. The predicted molar refractivity (Wildman–Crippen MR) is 110 cm³/mol. The van der Waals surface area contributed by atoms with Crippen molar-refractivity contribution in [3.05, 3.63) is 42.1 Å². The van der Waals surface area contributed by atoms with Crippen molar-refractivity contribution in [2.75, 3.05) is 21.0 Å². The van der Waals surface area contributed by atoms with Gasteiger partial charge in [0.15, 0.2) is 35.6 Å². The van der Waals surface area contributed by atoms with Gasteiger partial charge in [0.25, 0.3) is 0 Å². The van der Waals surface area contributed by atoms with Crippen molar-refractivity contribution >= 4 is 32.4 Å². The molecule has 0 bridgehead atoms. The number of fused-ring (bicyclic) bond motifs is 6. The van der Waals surface area contributed by atoms with Crippen LogP contribution in [0.1, 0.15) is 18.8 Å². The van der Waals surface area contributed by atoms with Gasteiger partial charge >= 0.3 is 0 Å². The summed E-state index contributed by atoms with van der Waals surface area (Å²) >= 11 is 0. The third-order valence-corrected chi connectivity index (χ3v) is 5.69. The van der Waals surface area contributed by atoms with Gasteiger partial charge in [0, 0.05) is 34.0 Å². The molecule has 0 atom stereocenters. The summed E-state index contributed by atoms with van der Waals surface area (Å²) in [4.78, 5) is 4.71. The van der Waals surface area contributed by atoms with Gasteiger partial charge < -0.3 is 28.4 Å². The van der Waals surface area contributed by atoms with E-state index >= 15 is 0 Å². The topological polar surface area (TPSA) is 68.3 Å². The van der Waals surface area contributed by atoms with Gasteiger partial charge in [0.1, 0.15) is 0 Å². The lowest BCUT2D eigenvalue weighted by Crippen LogP contribution is -2.31. The quantitative estimate of drug-likeness (QED) is 0.459. The van der Waals surface area contributed by atoms with E-state index in [4.69, 9.17) is 33.4 Å². The van der Waals surface area contributed by atoms with E-state index in [1.807, 2.05) is 37.4 Å². The summed E-state index contributed by atoms with van der Waals surface area (Å²) in [5.41, 5.74) is 1.76. The lowest BCUT2D eigenvalue weighted by atomic mass is 9.94. The van der Waals surface area contributed by atoms with Crippen LogP contribution in [-0.2, 0) is 9.47 Å². The smallest absolute Gasteiger partial charge is 0.231 e. The van der Waals surface area contributed by atoms with Crippen molar-refractivity contribution in [3.63, 3.8) is 0 Å². The van der Waals surface area contributed by atoms with Crippen molar-refractivity contribution < 1.29 is 28.4 Å². The highest BCUT2D eigenvalue weighted by Gasteiger charge is 2.31. The molecule has 0 radical (unpaired) electrons. The van der Waals surface area contributed by atoms with Gasteiger partial charge in [-0.15, -0.1) is 0 Å². The van der Waals surface area contributed by atoms with Crippen LogP contribution in [0.3, 0.4) is 0 Å². The van der Waals surface area contributed by atoms with Crippen LogP contribution in [0.4, 0.5) is 0 Å². The first kappa shape index (κ1) is 17.6. The number of pyridine rings is 1. The Morgan fingerprint density at radius 2 is 1.60 bits per heavy atom. The molecular weight excluding hydrogens is 386 g/mol. The van der Waals surface area contributed by atoms with E-state index in [9.17, 15) is 0 Å². The largest absolute Gasteiger partial charge is 0.493 e. The highest BCUT2D eigenvalue weighted by Crippen LogP contribution is 2.45. The number of rotatable bonds is 3. The average Bonchev–Trinajstić information content (AvgIpc) is 3.20. The molecule has 0 N–H and O–H groups in total. The zero-order chi connectivity index (χ0) is 20.4. The van der Waals surface area contributed by atoms with E-state index in [0.29, 0.717) is 23.0 Å². The molecule has 4 aromatic rings. The third-order valence-electron chi connectivity index (χ3n) is 5.69. The Kier molecular flexibility index (Phi) is 3.72. The number of hydrogen-bond donors (Lipinski definition) is 0. The predicted octanol–water partition coefficient (Wildman–Crippen LogP) is 4.68. The summed E-state index contributed by atoms with van der Waals surface area (Å²) in [6.45, 7) is 2.09. The molecule has 0 spiro atoms. The lowest BCUT2D eigenvalue weighted by molar-refractivity contribution is -0.382. The Morgan fingerprint density at radius 3 is 2.33 bits per heavy atom. The first-order valence-electron chi connectivity index (χ1n) is 9.68. The number of aromatic nitrogens is 1. The van der Waals surface area contributed by atoms with Crippen LogP contribution in [0.25, 0.3) is 32.4 Å². The SMILES string of the molecule is COc1cc2cc(C3OC(C)O3)c3c4cc5c(cc4ncc3c2cc1OC)OCO5. The number of hydrogen-bond acceptors (Lipinski definition) is 7. The molecule has 6 rings (SSSR count). The molecule has 152 valence electrons. The Balaban J connectivity index is 1.74. The minimum absolute atomic E-state index is 0.211. The van der Waals surface area contributed by atoms with Crippen molar-refractivity contribution in [2.24, 2.45) is 0 Å². The lowest BCUT2D eigenvalue weighted by Gasteiger charge is -2.35. The highest BCUT2D eigenvalue weighted by atomic mass is 16.9. The molecule has 7 heteroatoms. The monoisotopic (exact) mass is 405 g/mol. The minimum atomic E-state index is -0.448. The fourth-order valence-corrected chi connectivity index (χ4v) is 4.28. The molecule has 3 heterocycles. The number of nitrogens with zero attached hydrogens (tertiary/aromatic N) is 1. The van der Waals surface area contributed by atoms with Crippen molar-refractivity contribution in [1.29, 1.82) is 0 Å². The van der Waals surface area contributed by atoms with Crippen LogP contribution in [0.5, 0.6) is 23.0 Å². The van der Waals surface area contributed by atoms with E-state index in [1.54, 1.807) is 14.2 Å². The fourth-order valence-electron chi connectivity index (χ4n) is 4.28. The van der Waals surface area contributed by atoms with Gasteiger partial charge in [-0.05, 0) is 42.0 Å². The minimum Gasteiger partial charge on any atom is -0.493 e. The summed E-state index contributed by atoms with van der Waals surface area (Å²) in [5.74, 6) is 2.73. The molecule has 0 aliphatic carbocycles. The highest BCUT2D eigenvalue weighted by molar-refractivity contribution is 6.18. The van der Waals surface area contributed by atoms with E-state index in [-0.39, 0.29) is 13.1 Å². The first-order valence-corrected chi connectivity index (χ1v) is 9.68. The third kappa shape index (κ3) is 2.42. The molecule has 1 fully saturated rings. The maximum atomic E-state index is 5.87. The van der Waals surface area contributed by atoms with Crippen LogP contribution < -0.4 is 18.9 Å². The molecule has 2 aliphatic heterocycles. The zero-order valence-electron chi connectivity index (χ0n) is 16.7. The Labute approximate surface area is 172 Å². The first-order chi connectivity index (χ1) is 14.7. The van der Waals surface area contributed by atoms with Gasteiger partial charge in [0.05, 0.1) is 19.7 Å². The number of benzene rings is 3. The van der Waals surface area contributed by atoms with Crippen molar-refractivity contribution in [1.82, 2.24) is 4.98 Å². The van der Waals surface area contributed by atoms with E-state index < -0.39 is 6.29 Å². The van der Waals surface area contributed by atoms with E-state index in [0.717, 1.165) is 38.0 Å². The van der Waals surface area contributed by atoms with Crippen LogP contribution in [0, 0.1) is 0 Å². The normalized spacial score (nSPS) is 20.0. The maximum absolute atomic E-state index is 5.87. The van der Waals surface area contributed by atoms with Crippen molar-refractivity contribution in [2.45, 2.75) is 19.5 Å².